The molecule has 0 amide bonds. The molecule has 2 nitrogen and oxygen atoms in total. The smallest absolute Gasteiger partial charge is 0.111 e. The van der Waals surface area contributed by atoms with E-state index < -0.39 is 0 Å². The molecule has 0 N–H and O–H groups in total. The summed E-state index contributed by atoms with van der Waals surface area (Å²) in [6.45, 7) is 11.3. The summed E-state index contributed by atoms with van der Waals surface area (Å²) in [6, 6.07) is 5.88. The molecule has 0 aliphatic heterocycles. The second-order valence-electron chi connectivity index (χ2n) is 7.49. The van der Waals surface area contributed by atoms with Crippen LogP contribution in [0.3, 0.4) is 0 Å². The van der Waals surface area contributed by atoms with Crippen LogP contribution < -0.4 is 0 Å². The van der Waals surface area contributed by atoms with Crippen molar-refractivity contribution in [3.63, 3.8) is 0 Å². The van der Waals surface area contributed by atoms with Gasteiger partial charge in [-0.3, -0.25) is 0 Å². The lowest BCUT2D eigenvalue weighted by Crippen LogP contribution is -2.32. The van der Waals surface area contributed by atoms with E-state index >= 15 is 0 Å². The highest BCUT2D eigenvalue weighted by atomic mass is 35.5. The van der Waals surface area contributed by atoms with Crippen molar-refractivity contribution in [1.29, 1.82) is 0 Å². The molecule has 4 heteroatoms. The third-order valence-corrected chi connectivity index (χ3v) is 4.00. The van der Waals surface area contributed by atoms with Crippen molar-refractivity contribution in [2.45, 2.75) is 53.0 Å². The summed E-state index contributed by atoms with van der Waals surface area (Å²) in [4.78, 5) is 4.76. The number of nitrogens with zero attached hydrogens (tertiary/aromatic N) is 2. The number of fused-ring (bicyclic) bond motifs is 1. The molecule has 0 fully saturated rings. The van der Waals surface area contributed by atoms with Crippen LogP contribution in [0, 0.1) is 5.41 Å². The summed E-state index contributed by atoms with van der Waals surface area (Å²) in [7, 11) is 0. The minimum absolute atomic E-state index is 0.0426. The Labute approximate surface area is 137 Å². The minimum Gasteiger partial charge on any atom is -0.322 e. The minimum atomic E-state index is -0.0426. The van der Waals surface area contributed by atoms with Gasteiger partial charge in [0.15, 0.2) is 0 Å². The highest BCUT2D eigenvalue weighted by molar-refractivity contribution is 6.31. The average molecular weight is 327 g/mol. The van der Waals surface area contributed by atoms with Gasteiger partial charge in [0.2, 0.25) is 0 Å². The van der Waals surface area contributed by atoms with Gasteiger partial charge in [-0.15, -0.1) is 11.6 Å². The highest BCUT2D eigenvalue weighted by Gasteiger charge is 2.30. The van der Waals surface area contributed by atoms with E-state index in [1.54, 1.807) is 0 Å². The first kappa shape index (κ1) is 16.6. The van der Waals surface area contributed by atoms with Crippen molar-refractivity contribution in [3.05, 3.63) is 29.0 Å². The summed E-state index contributed by atoms with van der Waals surface area (Å²) in [5.41, 5.74) is 2.27. The van der Waals surface area contributed by atoms with E-state index in [9.17, 15) is 0 Å². The van der Waals surface area contributed by atoms with Crippen LogP contribution in [-0.4, -0.2) is 15.4 Å². The summed E-state index contributed by atoms with van der Waals surface area (Å²) < 4.78 is 2.32. The predicted molar refractivity (Wildman–Crippen MR) is 92.6 cm³/mol. The number of hydrogen-bond acceptors (Lipinski definition) is 1. The van der Waals surface area contributed by atoms with Gasteiger partial charge in [-0.05, 0) is 43.9 Å². The van der Waals surface area contributed by atoms with E-state index in [0.29, 0.717) is 5.88 Å². The number of halogens is 2. The van der Waals surface area contributed by atoms with Crippen LogP contribution in [-0.2, 0) is 12.0 Å². The summed E-state index contributed by atoms with van der Waals surface area (Å²) in [5.74, 6) is 1.61. The van der Waals surface area contributed by atoms with Gasteiger partial charge in [0.1, 0.15) is 5.82 Å². The summed E-state index contributed by atoms with van der Waals surface area (Å²) in [6.07, 6.45) is 1.81. The molecule has 1 aromatic carbocycles. The average Bonchev–Trinajstić information content (AvgIpc) is 2.64. The van der Waals surface area contributed by atoms with Gasteiger partial charge in [-0.25, -0.2) is 4.98 Å². The van der Waals surface area contributed by atoms with E-state index in [0.717, 1.165) is 34.7 Å². The van der Waals surface area contributed by atoms with Crippen LogP contribution in [0.4, 0.5) is 0 Å². The van der Waals surface area contributed by atoms with Gasteiger partial charge < -0.3 is 4.57 Å². The Morgan fingerprint density at radius 1 is 1.14 bits per heavy atom. The Morgan fingerprint density at radius 2 is 1.81 bits per heavy atom. The number of rotatable bonds is 4. The normalized spacial score (nSPS) is 13.1. The third-order valence-electron chi connectivity index (χ3n) is 3.57. The fourth-order valence-electron chi connectivity index (χ4n) is 3.40. The molecule has 0 saturated carbocycles. The van der Waals surface area contributed by atoms with Crippen LogP contribution in [0.5, 0.6) is 0 Å². The Morgan fingerprint density at radius 3 is 2.38 bits per heavy atom. The lowest BCUT2D eigenvalue weighted by Gasteiger charge is -2.35. The molecule has 0 radical (unpaired) electrons. The molecule has 2 aromatic rings. The number of hydrogen-bond donors (Lipinski definition) is 0. The van der Waals surface area contributed by atoms with E-state index in [1.165, 1.54) is 0 Å². The first-order valence-electron chi connectivity index (χ1n) is 7.37. The lowest BCUT2D eigenvalue weighted by atomic mass is 9.81. The van der Waals surface area contributed by atoms with Gasteiger partial charge in [-0.1, -0.05) is 32.4 Å². The molecule has 0 unspecified atom stereocenters. The second kappa shape index (κ2) is 5.81. The Balaban J connectivity index is 2.63. The van der Waals surface area contributed by atoms with E-state index in [4.69, 9.17) is 28.2 Å². The molecule has 0 saturated heterocycles. The zero-order valence-electron chi connectivity index (χ0n) is 13.5. The Hall–Kier alpha value is -0.730. The molecule has 1 aromatic heterocycles. The van der Waals surface area contributed by atoms with Gasteiger partial charge in [0.05, 0.1) is 11.0 Å². The Bertz CT molecular complexity index is 636. The monoisotopic (exact) mass is 326 g/mol. The molecule has 116 valence electrons. The largest absolute Gasteiger partial charge is 0.322 e. The fraction of sp³-hybridized carbons (Fsp3) is 0.588. The van der Waals surface area contributed by atoms with Crippen molar-refractivity contribution >= 4 is 34.2 Å². The van der Waals surface area contributed by atoms with Crippen LogP contribution >= 0.6 is 23.2 Å². The second-order valence-corrected chi connectivity index (χ2v) is 8.30. The molecular formula is C17H24Cl2N2. The van der Waals surface area contributed by atoms with Crippen molar-refractivity contribution in [3.8, 4) is 0 Å². The fourth-order valence-corrected chi connectivity index (χ4v) is 3.74. The van der Waals surface area contributed by atoms with E-state index in [1.807, 2.05) is 18.2 Å². The number of benzene rings is 1. The van der Waals surface area contributed by atoms with Crippen molar-refractivity contribution in [2.24, 2.45) is 5.41 Å². The van der Waals surface area contributed by atoms with Crippen LogP contribution in [0.1, 0.15) is 46.9 Å². The third kappa shape index (κ3) is 3.73. The van der Waals surface area contributed by atoms with Gasteiger partial charge in [-0.2, -0.15) is 0 Å². The van der Waals surface area contributed by atoms with E-state index in [2.05, 4.69) is 39.2 Å². The number of aryl methyl sites for hydroxylation is 1. The maximum absolute atomic E-state index is 6.19. The maximum Gasteiger partial charge on any atom is 0.111 e. The lowest BCUT2D eigenvalue weighted by molar-refractivity contribution is 0.215. The Kier molecular flexibility index (Phi) is 4.60. The van der Waals surface area contributed by atoms with Crippen molar-refractivity contribution < 1.29 is 0 Å². The molecule has 0 atom stereocenters. The number of imidazole rings is 1. The number of aromatic nitrogens is 2. The molecule has 0 aliphatic carbocycles. The quantitative estimate of drug-likeness (QED) is 0.664. The topological polar surface area (TPSA) is 17.8 Å². The van der Waals surface area contributed by atoms with E-state index in [-0.39, 0.29) is 11.0 Å². The first-order valence-corrected chi connectivity index (χ1v) is 8.29. The maximum atomic E-state index is 6.19. The van der Waals surface area contributed by atoms with Gasteiger partial charge in [0, 0.05) is 22.9 Å². The molecule has 0 spiro atoms. The zero-order valence-corrected chi connectivity index (χ0v) is 15.0. The summed E-state index contributed by atoms with van der Waals surface area (Å²) in [5, 5.41) is 0.743. The molecule has 21 heavy (non-hydrogen) atoms. The standard InChI is InChI=1S/C17H24Cl2N2/c1-16(2,3)11-17(4,5)21-14-10-12(19)6-7-13(14)20-15(21)8-9-18/h6-7,10H,8-9,11H2,1-5H3. The molecule has 1 heterocycles. The number of alkyl halides is 1. The highest BCUT2D eigenvalue weighted by Crippen LogP contribution is 2.36. The first-order chi connectivity index (χ1) is 9.64. The van der Waals surface area contributed by atoms with Crippen LogP contribution in [0.2, 0.25) is 5.02 Å². The zero-order chi connectivity index (χ0) is 15.8. The van der Waals surface area contributed by atoms with Crippen molar-refractivity contribution in [2.75, 3.05) is 5.88 Å². The summed E-state index contributed by atoms with van der Waals surface area (Å²) >= 11 is 12.2. The molecular weight excluding hydrogens is 303 g/mol. The van der Waals surface area contributed by atoms with Gasteiger partial charge >= 0.3 is 0 Å². The molecule has 0 aliphatic rings. The van der Waals surface area contributed by atoms with Crippen molar-refractivity contribution in [1.82, 2.24) is 9.55 Å². The molecule has 0 bridgehead atoms. The predicted octanol–water partition coefficient (Wildman–Crippen LogP) is 5.64. The van der Waals surface area contributed by atoms with Gasteiger partial charge in [0.25, 0.3) is 0 Å². The van der Waals surface area contributed by atoms with Crippen LogP contribution in [0.15, 0.2) is 18.2 Å². The SMILES string of the molecule is CC(C)(C)CC(C)(C)n1c(CCCl)nc2ccc(Cl)cc21. The molecule has 2 rings (SSSR count). The van der Waals surface area contributed by atoms with Crippen LogP contribution in [0.25, 0.3) is 11.0 Å².